The number of hydrogen-bond donors (Lipinski definition) is 0. The fourth-order valence-electron chi connectivity index (χ4n) is 2.09. The summed E-state index contributed by atoms with van der Waals surface area (Å²) < 4.78 is 26.4. The van der Waals surface area contributed by atoms with E-state index in [2.05, 4.69) is 6.07 Å². The summed E-state index contributed by atoms with van der Waals surface area (Å²) in [5.74, 6) is 0. The first-order chi connectivity index (χ1) is 9.34. The molecule has 1 fully saturated rings. The van der Waals surface area contributed by atoms with Crippen LogP contribution in [0.3, 0.4) is 0 Å². The van der Waals surface area contributed by atoms with Gasteiger partial charge >= 0.3 is 0 Å². The molecule has 0 aromatic carbocycles. The second kappa shape index (κ2) is 6.03. The van der Waals surface area contributed by atoms with Crippen LogP contribution in [0, 0.1) is 11.3 Å². The standard InChI is InChI=1S/C11H12Cl2N2O2S3/c1-18-11(7-14)2-4-15(5-3-11)20(16,17)8-6-9(12)19-10(8)13/h6H,2-5H2,1H3. The number of rotatable bonds is 3. The Kier molecular flexibility index (Phi) is 4.95. The molecule has 0 N–H and O–H groups in total. The molecule has 0 radical (unpaired) electrons. The van der Waals surface area contributed by atoms with Gasteiger partial charge in [-0.15, -0.1) is 23.1 Å². The highest BCUT2D eigenvalue weighted by atomic mass is 35.5. The third-order valence-corrected chi connectivity index (χ3v) is 8.30. The Balaban J connectivity index is 2.22. The fraction of sp³-hybridized carbons (Fsp3) is 0.545. The van der Waals surface area contributed by atoms with Crippen molar-refractivity contribution in [3.8, 4) is 6.07 Å². The van der Waals surface area contributed by atoms with Gasteiger partial charge in [-0.2, -0.15) is 9.57 Å². The van der Waals surface area contributed by atoms with Crippen LogP contribution in [0.1, 0.15) is 12.8 Å². The van der Waals surface area contributed by atoms with E-state index in [1.165, 1.54) is 22.1 Å². The zero-order valence-corrected chi connectivity index (χ0v) is 14.6. The summed E-state index contributed by atoms with van der Waals surface area (Å²) in [6, 6.07) is 3.67. The van der Waals surface area contributed by atoms with E-state index in [0.29, 0.717) is 30.3 Å². The van der Waals surface area contributed by atoms with Gasteiger partial charge < -0.3 is 0 Å². The molecule has 0 unspecified atom stereocenters. The molecule has 2 rings (SSSR count). The molecular weight excluding hydrogens is 359 g/mol. The minimum absolute atomic E-state index is 0.0581. The molecule has 1 aromatic heterocycles. The van der Waals surface area contributed by atoms with Crippen molar-refractivity contribution in [1.82, 2.24) is 4.31 Å². The van der Waals surface area contributed by atoms with Crippen molar-refractivity contribution in [2.24, 2.45) is 0 Å². The van der Waals surface area contributed by atoms with Crippen LogP contribution in [0.25, 0.3) is 0 Å². The Hall–Kier alpha value is 0.0300. The molecule has 0 amide bonds. The molecule has 9 heteroatoms. The number of nitrogens with zero attached hydrogens (tertiary/aromatic N) is 2. The number of sulfonamides is 1. The first-order valence-electron chi connectivity index (χ1n) is 5.76. The van der Waals surface area contributed by atoms with Crippen LogP contribution in [-0.2, 0) is 10.0 Å². The normalized spacial score (nSPS) is 19.7. The van der Waals surface area contributed by atoms with Gasteiger partial charge in [0.25, 0.3) is 0 Å². The zero-order chi connectivity index (χ0) is 15.0. The minimum atomic E-state index is -3.63. The topological polar surface area (TPSA) is 61.2 Å². The van der Waals surface area contributed by atoms with Gasteiger partial charge in [0, 0.05) is 13.1 Å². The summed E-state index contributed by atoms with van der Waals surface area (Å²) >= 11 is 14.3. The molecule has 110 valence electrons. The SMILES string of the molecule is CSC1(C#N)CCN(S(=O)(=O)c2cc(Cl)sc2Cl)CC1. The van der Waals surface area contributed by atoms with Crippen molar-refractivity contribution in [3.63, 3.8) is 0 Å². The molecule has 0 saturated carbocycles. The maximum absolute atomic E-state index is 12.5. The number of halogens is 2. The Labute approximate surface area is 136 Å². The van der Waals surface area contributed by atoms with Gasteiger partial charge in [-0.3, -0.25) is 0 Å². The van der Waals surface area contributed by atoms with E-state index in [0.717, 1.165) is 11.3 Å². The molecule has 1 aromatic rings. The molecule has 20 heavy (non-hydrogen) atoms. The van der Waals surface area contributed by atoms with Crippen LogP contribution in [0.2, 0.25) is 8.67 Å². The molecule has 2 heterocycles. The maximum Gasteiger partial charge on any atom is 0.245 e. The summed E-state index contributed by atoms with van der Waals surface area (Å²) in [6.07, 6.45) is 2.90. The zero-order valence-electron chi connectivity index (χ0n) is 10.6. The van der Waals surface area contributed by atoms with E-state index in [9.17, 15) is 13.7 Å². The van der Waals surface area contributed by atoms with Crippen molar-refractivity contribution in [2.45, 2.75) is 22.5 Å². The largest absolute Gasteiger partial charge is 0.245 e. The molecular formula is C11H12Cl2N2O2S3. The van der Waals surface area contributed by atoms with Gasteiger partial charge in [0.05, 0.1) is 10.4 Å². The first kappa shape index (κ1) is 16.4. The van der Waals surface area contributed by atoms with E-state index in [-0.39, 0.29) is 9.23 Å². The van der Waals surface area contributed by atoms with Crippen LogP contribution in [-0.4, -0.2) is 36.8 Å². The van der Waals surface area contributed by atoms with Gasteiger partial charge in [-0.1, -0.05) is 23.2 Å². The van der Waals surface area contributed by atoms with Gasteiger partial charge in [0.15, 0.2) is 0 Å². The lowest BCUT2D eigenvalue weighted by Crippen LogP contribution is -2.44. The van der Waals surface area contributed by atoms with Crippen LogP contribution < -0.4 is 0 Å². The first-order valence-corrected chi connectivity index (χ1v) is 10.00. The predicted molar refractivity (Wildman–Crippen MR) is 84.2 cm³/mol. The minimum Gasteiger partial charge on any atom is -0.207 e. The average Bonchev–Trinajstić information content (AvgIpc) is 2.78. The molecule has 0 bridgehead atoms. The van der Waals surface area contributed by atoms with Crippen LogP contribution in [0.4, 0.5) is 0 Å². The molecule has 1 saturated heterocycles. The number of piperidine rings is 1. The molecule has 4 nitrogen and oxygen atoms in total. The lowest BCUT2D eigenvalue weighted by Gasteiger charge is -2.35. The Bertz CT molecular complexity index is 643. The summed E-state index contributed by atoms with van der Waals surface area (Å²) in [7, 11) is -3.63. The third-order valence-electron chi connectivity index (χ3n) is 3.37. The quantitative estimate of drug-likeness (QED) is 0.816. The molecule has 0 atom stereocenters. The monoisotopic (exact) mass is 370 g/mol. The maximum atomic E-state index is 12.5. The van der Waals surface area contributed by atoms with Crippen LogP contribution in [0.5, 0.6) is 0 Å². The average molecular weight is 371 g/mol. The highest BCUT2D eigenvalue weighted by molar-refractivity contribution is 8.00. The smallest absolute Gasteiger partial charge is 0.207 e. The van der Waals surface area contributed by atoms with E-state index in [1.54, 1.807) is 0 Å². The summed E-state index contributed by atoms with van der Waals surface area (Å²) in [5, 5.41) is 9.22. The van der Waals surface area contributed by atoms with Gasteiger partial charge in [0.2, 0.25) is 10.0 Å². The molecule has 1 aliphatic heterocycles. The Morgan fingerprint density at radius 2 is 2.05 bits per heavy atom. The van der Waals surface area contributed by atoms with E-state index in [1.807, 2.05) is 6.26 Å². The van der Waals surface area contributed by atoms with Gasteiger partial charge in [0.1, 0.15) is 14.0 Å². The lowest BCUT2D eigenvalue weighted by molar-refractivity contribution is 0.327. The highest BCUT2D eigenvalue weighted by Gasteiger charge is 2.39. The number of thioether (sulfide) groups is 1. The Morgan fingerprint density at radius 1 is 1.45 bits per heavy atom. The Morgan fingerprint density at radius 3 is 2.45 bits per heavy atom. The fourth-order valence-corrected chi connectivity index (χ4v) is 6.33. The summed E-state index contributed by atoms with van der Waals surface area (Å²) in [5.41, 5.74) is 0. The van der Waals surface area contributed by atoms with E-state index >= 15 is 0 Å². The van der Waals surface area contributed by atoms with Crippen molar-refractivity contribution in [3.05, 3.63) is 14.7 Å². The van der Waals surface area contributed by atoms with Crippen LogP contribution >= 0.6 is 46.3 Å². The molecule has 1 aliphatic rings. The second-order valence-corrected chi connectivity index (χ2v) is 9.78. The van der Waals surface area contributed by atoms with Crippen LogP contribution in [0.15, 0.2) is 11.0 Å². The predicted octanol–water partition coefficient (Wildman–Crippen LogP) is 3.46. The van der Waals surface area contributed by atoms with Crippen molar-refractivity contribution in [2.75, 3.05) is 19.3 Å². The summed E-state index contributed by atoms with van der Waals surface area (Å²) in [6.45, 7) is 0.640. The molecule has 0 spiro atoms. The number of hydrogen-bond acceptors (Lipinski definition) is 5. The number of nitriles is 1. The van der Waals surface area contributed by atoms with E-state index in [4.69, 9.17) is 23.2 Å². The number of thiophene rings is 1. The van der Waals surface area contributed by atoms with Gasteiger partial charge in [-0.05, 0) is 25.2 Å². The summed E-state index contributed by atoms with van der Waals surface area (Å²) in [4.78, 5) is 0.0581. The van der Waals surface area contributed by atoms with E-state index < -0.39 is 14.8 Å². The van der Waals surface area contributed by atoms with Crippen molar-refractivity contribution in [1.29, 1.82) is 5.26 Å². The lowest BCUT2D eigenvalue weighted by atomic mass is 9.99. The van der Waals surface area contributed by atoms with Crippen molar-refractivity contribution >= 4 is 56.3 Å². The van der Waals surface area contributed by atoms with Gasteiger partial charge in [-0.25, -0.2) is 8.42 Å². The molecule has 0 aliphatic carbocycles. The third kappa shape index (κ3) is 2.96. The van der Waals surface area contributed by atoms with Crippen molar-refractivity contribution < 1.29 is 8.42 Å². The highest BCUT2D eigenvalue weighted by Crippen LogP contribution is 2.39. The second-order valence-electron chi connectivity index (χ2n) is 4.40.